The van der Waals surface area contributed by atoms with E-state index in [1.165, 1.54) is 44.6 Å². The average Bonchev–Trinajstić information content (AvgIpc) is 3.07. The van der Waals surface area contributed by atoms with Crippen molar-refractivity contribution in [2.45, 2.75) is 38.1 Å². The fraction of sp³-hybridized carbons (Fsp3) is 0.700. The van der Waals surface area contributed by atoms with Crippen LogP contribution in [0.15, 0.2) is 24.5 Å². The fourth-order valence-electron chi connectivity index (χ4n) is 5.12. The number of hydrogen-bond acceptors (Lipinski definition) is 5. The van der Waals surface area contributed by atoms with Gasteiger partial charge in [0.25, 0.3) is 0 Å². The summed E-state index contributed by atoms with van der Waals surface area (Å²) in [5, 5.41) is 8.94. The zero-order chi connectivity index (χ0) is 18.0. The van der Waals surface area contributed by atoms with Gasteiger partial charge in [0.2, 0.25) is 0 Å². The molecule has 3 fully saturated rings. The van der Waals surface area contributed by atoms with Gasteiger partial charge in [0, 0.05) is 50.3 Å². The SMILES string of the molecule is O=C(O)CN1CCC(N2CCC3(CCN(c4ccncc4)C3)CC2)CC1. The van der Waals surface area contributed by atoms with Crippen LogP contribution in [-0.2, 0) is 4.79 Å². The van der Waals surface area contributed by atoms with Gasteiger partial charge >= 0.3 is 5.97 Å². The number of piperidine rings is 2. The summed E-state index contributed by atoms with van der Waals surface area (Å²) >= 11 is 0. The van der Waals surface area contributed by atoms with Crippen LogP contribution in [0.5, 0.6) is 0 Å². The highest BCUT2D eigenvalue weighted by Crippen LogP contribution is 2.42. The first-order valence-corrected chi connectivity index (χ1v) is 9.97. The minimum atomic E-state index is -0.705. The molecular formula is C20H30N4O2. The number of pyridine rings is 1. The summed E-state index contributed by atoms with van der Waals surface area (Å²) in [5.74, 6) is -0.705. The van der Waals surface area contributed by atoms with Crippen molar-refractivity contribution in [3.8, 4) is 0 Å². The van der Waals surface area contributed by atoms with Crippen molar-refractivity contribution in [1.29, 1.82) is 0 Å². The minimum absolute atomic E-state index is 0.195. The molecule has 1 N–H and O–H groups in total. The summed E-state index contributed by atoms with van der Waals surface area (Å²) in [4.78, 5) is 22.3. The summed E-state index contributed by atoms with van der Waals surface area (Å²) in [5.41, 5.74) is 1.80. The normalized spacial score (nSPS) is 25.0. The standard InChI is InChI=1S/C20H30N4O2/c25-19(26)15-22-10-3-18(4-11-22)23-12-5-20(6-13-23)7-14-24(16-20)17-1-8-21-9-2-17/h1-2,8-9,18H,3-7,10-16H2,(H,25,26). The zero-order valence-corrected chi connectivity index (χ0v) is 15.5. The first kappa shape index (κ1) is 17.7. The number of anilines is 1. The van der Waals surface area contributed by atoms with E-state index in [-0.39, 0.29) is 6.54 Å². The second-order valence-corrected chi connectivity index (χ2v) is 8.31. The van der Waals surface area contributed by atoms with Crippen LogP contribution in [0.2, 0.25) is 0 Å². The van der Waals surface area contributed by atoms with Crippen LogP contribution in [0.1, 0.15) is 32.1 Å². The Labute approximate surface area is 155 Å². The fourth-order valence-corrected chi connectivity index (χ4v) is 5.12. The number of aromatic nitrogens is 1. The van der Waals surface area contributed by atoms with Gasteiger partial charge in [-0.15, -0.1) is 0 Å². The van der Waals surface area contributed by atoms with Gasteiger partial charge in [-0.25, -0.2) is 0 Å². The number of carboxylic acid groups (broad SMARTS) is 1. The third-order valence-corrected chi connectivity index (χ3v) is 6.76. The molecular weight excluding hydrogens is 328 g/mol. The molecule has 3 aliphatic rings. The Kier molecular flexibility index (Phi) is 5.14. The van der Waals surface area contributed by atoms with E-state index in [1.54, 1.807) is 0 Å². The molecule has 3 aliphatic heterocycles. The molecule has 0 unspecified atom stereocenters. The highest BCUT2D eigenvalue weighted by molar-refractivity contribution is 5.69. The van der Waals surface area contributed by atoms with Crippen LogP contribution >= 0.6 is 0 Å². The lowest BCUT2D eigenvalue weighted by atomic mass is 9.77. The molecule has 4 heterocycles. The topological polar surface area (TPSA) is 59.9 Å². The lowest BCUT2D eigenvalue weighted by Crippen LogP contribution is -2.50. The van der Waals surface area contributed by atoms with Crippen LogP contribution in [0.3, 0.4) is 0 Å². The quantitative estimate of drug-likeness (QED) is 0.887. The second kappa shape index (κ2) is 7.53. The van der Waals surface area contributed by atoms with E-state index in [9.17, 15) is 4.79 Å². The van der Waals surface area contributed by atoms with Crippen molar-refractivity contribution in [3.05, 3.63) is 24.5 Å². The molecule has 6 heteroatoms. The lowest BCUT2D eigenvalue weighted by Gasteiger charge is -2.45. The minimum Gasteiger partial charge on any atom is -0.480 e. The van der Waals surface area contributed by atoms with E-state index >= 15 is 0 Å². The van der Waals surface area contributed by atoms with E-state index in [0.717, 1.165) is 32.5 Å². The summed E-state index contributed by atoms with van der Waals surface area (Å²) in [6.45, 7) is 6.80. The summed E-state index contributed by atoms with van der Waals surface area (Å²) in [7, 11) is 0. The molecule has 4 rings (SSSR count). The maximum atomic E-state index is 10.9. The second-order valence-electron chi connectivity index (χ2n) is 8.31. The molecule has 0 aromatic carbocycles. The van der Waals surface area contributed by atoms with Gasteiger partial charge in [0.05, 0.1) is 6.54 Å². The largest absolute Gasteiger partial charge is 0.480 e. The maximum absolute atomic E-state index is 10.9. The molecule has 1 spiro atoms. The molecule has 0 radical (unpaired) electrons. The number of likely N-dealkylation sites (tertiary alicyclic amines) is 2. The van der Waals surface area contributed by atoms with Gasteiger partial charge in [0.15, 0.2) is 0 Å². The Morgan fingerprint density at radius 3 is 2.38 bits per heavy atom. The number of nitrogens with zero attached hydrogens (tertiary/aromatic N) is 4. The average molecular weight is 358 g/mol. The van der Waals surface area contributed by atoms with E-state index in [1.807, 2.05) is 12.4 Å². The van der Waals surface area contributed by atoms with Crippen molar-refractivity contribution in [2.75, 3.05) is 50.7 Å². The Bertz CT molecular complexity index is 607. The number of hydrogen-bond donors (Lipinski definition) is 1. The van der Waals surface area contributed by atoms with Crippen LogP contribution in [0, 0.1) is 5.41 Å². The van der Waals surface area contributed by atoms with Crippen LogP contribution in [0.25, 0.3) is 0 Å². The molecule has 0 atom stereocenters. The highest BCUT2D eigenvalue weighted by Gasteiger charge is 2.41. The third-order valence-electron chi connectivity index (χ3n) is 6.76. The van der Waals surface area contributed by atoms with Gasteiger partial charge < -0.3 is 14.9 Å². The van der Waals surface area contributed by atoms with E-state index in [0.29, 0.717) is 11.5 Å². The number of aliphatic carboxylic acids is 1. The van der Waals surface area contributed by atoms with Gasteiger partial charge in [-0.2, -0.15) is 0 Å². The van der Waals surface area contributed by atoms with E-state index in [2.05, 4.69) is 31.8 Å². The summed E-state index contributed by atoms with van der Waals surface area (Å²) in [6, 6.07) is 4.90. The summed E-state index contributed by atoms with van der Waals surface area (Å²) in [6.07, 6.45) is 9.90. The number of rotatable bonds is 4. The molecule has 0 bridgehead atoms. The Hall–Kier alpha value is -1.66. The zero-order valence-electron chi connectivity index (χ0n) is 15.5. The molecule has 6 nitrogen and oxygen atoms in total. The van der Waals surface area contributed by atoms with E-state index in [4.69, 9.17) is 5.11 Å². The van der Waals surface area contributed by atoms with Crippen LogP contribution in [0.4, 0.5) is 5.69 Å². The molecule has 142 valence electrons. The predicted octanol–water partition coefficient (Wildman–Crippen LogP) is 1.92. The molecule has 3 saturated heterocycles. The Balaban J connectivity index is 1.27. The maximum Gasteiger partial charge on any atom is 0.317 e. The van der Waals surface area contributed by atoms with Gasteiger partial charge in [-0.3, -0.25) is 14.7 Å². The molecule has 0 aliphatic carbocycles. The van der Waals surface area contributed by atoms with Crippen molar-refractivity contribution >= 4 is 11.7 Å². The molecule has 26 heavy (non-hydrogen) atoms. The highest BCUT2D eigenvalue weighted by atomic mass is 16.4. The van der Waals surface area contributed by atoms with Crippen molar-refractivity contribution in [1.82, 2.24) is 14.8 Å². The molecule has 1 aromatic rings. The van der Waals surface area contributed by atoms with Gasteiger partial charge in [0.1, 0.15) is 0 Å². The first-order valence-electron chi connectivity index (χ1n) is 9.97. The van der Waals surface area contributed by atoms with Gasteiger partial charge in [-0.1, -0.05) is 0 Å². The first-order chi connectivity index (χ1) is 12.6. The predicted molar refractivity (Wildman–Crippen MR) is 101 cm³/mol. The van der Waals surface area contributed by atoms with Crippen molar-refractivity contribution in [2.24, 2.45) is 5.41 Å². The Morgan fingerprint density at radius 2 is 1.73 bits per heavy atom. The van der Waals surface area contributed by atoms with Gasteiger partial charge in [-0.05, 0) is 62.7 Å². The monoisotopic (exact) mass is 358 g/mol. The summed E-state index contributed by atoms with van der Waals surface area (Å²) < 4.78 is 0. The smallest absolute Gasteiger partial charge is 0.317 e. The molecule has 0 amide bonds. The lowest BCUT2D eigenvalue weighted by molar-refractivity contribution is -0.138. The Morgan fingerprint density at radius 1 is 1.08 bits per heavy atom. The molecule has 0 saturated carbocycles. The number of carbonyl (C=O) groups is 1. The van der Waals surface area contributed by atoms with Crippen molar-refractivity contribution in [3.63, 3.8) is 0 Å². The van der Waals surface area contributed by atoms with E-state index < -0.39 is 5.97 Å². The number of carboxylic acids is 1. The third kappa shape index (κ3) is 3.86. The van der Waals surface area contributed by atoms with Crippen LogP contribution < -0.4 is 4.90 Å². The van der Waals surface area contributed by atoms with Crippen LogP contribution in [-0.4, -0.2) is 77.7 Å². The molecule has 1 aromatic heterocycles. The van der Waals surface area contributed by atoms with Crippen molar-refractivity contribution < 1.29 is 9.90 Å².